The summed E-state index contributed by atoms with van der Waals surface area (Å²) in [7, 11) is 0.983. The Balaban J connectivity index is 4.92. The molecule has 0 heterocycles. The third-order valence-corrected chi connectivity index (χ3v) is 2.08. The predicted octanol–water partition coefficient (Wildman–Crippen LogP) is 1.79. The lowest BCUT2D eigenvalue weighted by Crippen LogP contribution is -2.54. The number of hydrogen-bond donors (Lipinski definition) is 1. The Labute approximate surface area is 103 Å². The summed E-state index contributed by atoms with van der Waals surface area (Å²) in [4.78, 5) is 23.8. The average Bonchev–Trinajstić information content (AvgIpc) is 2.08. The van der Waals surface area contributed by atoms with E-state index in [1.165, 1.54) is 0 Å². The minimum Gasteiger partial charge on any atom is -0.480 e. The molecule has 0 radical (unpaired) electrons. The van der Waals surface area contributed by atoms with Crippen molar-refractivity contribution in [1.82, 2.24) is 9.80 Å². The Bertz CT molecular complexity index is 323. The highest BCUT2D eigenvalue weighted by atomic mass is 19.4. The van der Waals surface area contributed by atoms with Crippen molar-refractivity contribution in [3.05, 3.63) is 0 Å². The highest BCUT2D eigenvalue weighted by molar-refractivity contribution is 5.80. The van der Waals surface area contributed by atoms with Gasteiger partial charge in [-0.15, -0.1) is 0 Å². The van der Waals surface area contributed by atoms with Crippen molar-refractivity contribution in [2.24, 2.45) is 0 Å². The molecule has 0 unspecified atom stereocenters. The monoisotopic (exact) mass is 270 g/mol. The fourth-order valence-corrected chi connectivity index (χ4v) is 1.27. The lowest BCUT2D eigenvalue weighted by atomic mass is 10.1. The zero-order valence-electron chi connectivity index (χ0n) is 10.7. The summed E-state index contributed by atoms with van der Waals surface area (Å²) in [5.74, 6) is -1.28. The summed E-state index contributed by atoms with van der Waals surface area (Å²) in [6, 6.07) is -0.970. The number of carbonyl (C=O) groups excluding carboxylic acids is 1. The zero-order chi connectivity index (χ0) is 14.7. The van der Waals surface area contributed by atoms with Crippen LogP contribution in [0.25, 0.3) is 0 Å². The van der Waals surface area contributed by atoms with E-state index in [-0.39, 0.29) is 0 Å². The van der Waals surface area contributed by atoms with Crippen molar-refractivity contribution in [2.75, 3.05) is 20.1 Å². The Morgan fingerprint density at radius 3 is 1.89 bits per heavy atom. The summed E-state index contributed by atoms with van der Waals surface area (Å²) < 4.78 is 36.5. The number of rotatable bonds is 3. The number of alkyl halides is 3. The maximum Gasteiger partial charge on any atom is 0.406 e. The Hall–Kier alpha value is -1.47. The number of carbonyl (C=O) groups is 2. The molecule has 0 bridgehead atoms. The van der Waals surface area contributed by atoms with Gasteiger partial charge in [0.05, 0.1) is 0 Å². The second-order valence-electron chi connectivity index (χ2n) is 4.90. The van der Waals surface area contributed by atoms with Gasteiger partial charge in [0.2, 0.25) is 0 Å². The van der Waals surface area contributed by atoms with Crippen LogP contribution in [-0.4, -0.2) is 58.8 Å². The molecule has 0 aromatic heterocycles. The van der Waals surface area contributed by atoms with Crippen LogP contribution in [0.5, 0.6) is 0 Å². The summed E-state index contributed by atoms with van der Waals surface area (Å²) >= 11 is 0. The molecule has 0 aromatic carbocycles. The first kappa shape index (κ1) is 16.5. The summed E-state index contributed by atoms with van der Waals surface area (Å²) in [6.45, 7) is 2.59. The summed E-state index contributed by atoms with van der Waals surface area (Å²) in [5, 5.41) is 8.68. The van der Waals surface area contributed by atoms with Crippen LogP contribution in [0, 0.1) is 0 Å². The number of aliphatic carboxylic acids is 1. The smallest absolute Gasteiger partial charge is 0.406 e. The molecule has 0 rings (SSSR count). The van der Waals surface area contributed by atoms with E-state index in [9.17, 15) is 22.8 Å². The minimum atomic E-state index is -4.52. The number of hydrogen-bond acceptors (Lipinski definition) is 2. The number of carboxylic acid groups (broad SMARTS) is 1. The molecule has 0 aliphatic carbocycles. The number of halogens is 3. The van der Waals surface area contributed by atoms with Crippen molar-refractivity contribution in [3.63, 3.8) is 0 Å². The van der Waals surface area contributed by atoms with E-state index in [1.807, 2.05) is 0 Å². The molecule has 0 fully saturated rings. The van der Waals surface area contributed by atoms with Gasteiger partial charge in [-0.3, -0.25) is 4.79 Å². The van der Waals surface area contributed by atoms with E-state index in [2.05, 4.69) is 0 Å². The van der Waals surface area contributed by atoms with Gasteiger partial charge in [-0.25, -0.2) is 4.79 Å². The number of nitrogens with zero attached hydrogens (tertiary/aromatic N) is 2. The van der Waals surface area contributed by atoms with Crippen LogP contribution >= 0.6 is 0 Å². The van der Waals surface area contributed by atoms with Crippen LogP contribution in [0.3, 0.4) is 0 Å². The Morgan fingerprint density at radius 1 is 1.17 bits per heavy atom. The number of urea groups is 1. The minimum absolute atomic E-state index is 0.453. The fourth-order valence-electron chi connectivity index (χ4n) is 1.27. The van der Waals surface area contributed by atoms with Gasteiger partial charge in [-0.05, 0) is 20.8 Å². The van der Waals surface area contributed by atoms with Crippen molar-refractivity contribution in [2.45, 2.75) is 32.5 Å². The lowest BCUT2D eigenvalue weighted by molar-refractivity contribution is -0.141. The maximum atomic E-state index is 12.2. The van der Waals surface area contributed by atoms with Crippen LogP contribution in [0.15, 0.2) is 0 Å². The maximum absolute atomic E-state index is 12.2. The highest BCUT2D eigenvalue weighted by Crippen LogP contribution is 2.19. The van der Waals surface area contributed by atoms with E-state index in [0.717, 1.165) is 11.9 Å². The van der Waals surface area contributed by atoms with Gasteiger partial charge in [0, 0.05) is 12.6 Å². The van der Waals surface area contributed by atoms with Crippen molar-refractivity contribution < 1.29 is 27.9 Å². The van der Waals surface area contributed by atoms with Crippen molar-refractivity contribution in [1.29, 1.82) is 0 Å². The van der Waals surface area contributed by atoms with Gasteiger partial charge in [0.1, 0.15) is 13.1 Å². The lowest BCUT2D eigenvalue weighted by Gasteiger charge is -2.37. The van der Waals surface area contributed by atoms with E-state index >= 15 is 0 Å². The van der Waals surface area contributed by atoms with E-state index in [1.54, 1.807) is 20.8 Å². The molecule has 2 amide bonds. The van der Waals surface area contributed by atoms with Crippen LogP contribution in [-0.2, 0) is 4.79 Å². The molecule has 0 saturated carbocycles. The second-order valence-corrected chi connectivity index (χ2v) is 4.90. The van der Waals surface area contributed by atoms with Gasteiger partial charge in [-0.2, -0.15) is 13.2 Å². The molecule has 5 nitrogen and oxygen atoms in total. The fraction of sp³-hybridized carbons (Fsp3) is 0.800. The van der Waals surface area contributed by atoms with E-state index in [4.69, 9.17) is 5.11 Å². The molecule has 0 atom stereocenters. The van der Waals surface area contributed by atoms with Crippen LogP contribution in [0.1, 0.15) is 20.8 Å². The molecular weight excluding hydrogens is 253 g/mol. The van der Waals surface area contributed by atoms with Gasteiger partial charge in [0.25, 0.3) is 0 Å². The predicted molar refractivity (Wildman–Crippen MR) is 58.2 cm³/mol. The third-order valence-electron chi connectivity index (χ3n) is 2.08. The Morgan fingerprint density at radius 2 is 1.61 bits per heavy atom. The largest absolute Gasteiger partial charge is 0.480 e. The molecule has 0 spiro atoms. The van der Waals surface area contributed by atoms with Crippen molar-refractivity contribution in [3.8, 4) is 0 Å². The topological polar surface area (TPSA) is 60.9 Å². The summed E-state index contributed by atoms with van der Waals surface area (Å²) in [6.07, 6.45) is -4.52. The van der Waals surface area contributed by atoms with E-state index < -0.39 is 36.8 Å². The van der Waals surface area contributed by atoms with Crippen LogP contribution < -0.4 is 0 Å². The third kappa shape index (κ3) is 5.74. The number of amides is 2. The van der Waals surface area contributed by atoms with Gasteiger partial charge in [-0.1, -0.05) is 0 Å². The molecule has 1 N–H and O–H groups in total. The molecular formula is C10H17F3N2O3. The van der Waals surface area contributed by atoms with Gasteiger partial charge in [0.15, 0.2) is 0 Å². The highest BCUT2D eigenvalue weighted by Gasteiger charge is 2.36. The quantitative estimate of drug-likeness (QED) is 0.850. The first-order valence-electron chi connectivity index (χ1n) is 5.16. The van der Waals surface area contributed by atoms with Crippen LogP contribution in [0.4, 0.5) is 18.0 Å². The molecule has 8 heteroatoms. The zero-order valence-corrected chi connectivity index (χ0v) is 10.7. The molecule has 0 aromatic rings. The molecule has 18 heavy (non-hydrogen) atoms. The molecule has 0 aliphatic heterocycles. The number of carboxylic acids is 1. The first-order valence-corrected chi connectivity index (χ1v) is 5.16. The Kier molecular flexibility index (Phi) is 5.00. The molecule has 0 saturated heterocycles. The molecule has 0 aliphatic rings. The normalized spacial score (nSPS) is 12.2. The van der Waals surface area contributed by atoms with Gasteiger partial charge >= 0.3 is 18.2 Å². The second kappa shape index (κ2) is 5.45. The van der Waals surface area contributed by atoms with Crippen LogP contribution in [0.2, 0.25) is 0 Å². The summed E-state index contributed by atoms with van der Waals surface area (Å²) in [5.41, 5.74) is -0.880. The standard InChI is InChI=1S/C10H17F3N2O3/c1-9(2,3)15(5-7(16)17)8(18)14(4)6-10(11,12)13/h5-6H2,1-4H3,(H,16,17). The average molecular weight is 270 g/mol. The van der Waals surface area contributed by atoms with E-state index in [0.29, 0.717) is 4.90 Å². The van der Waals surface area contributed by atoms with Gasteiger partial charge < -0.3 is 14.9 Å². The SMILES string of the molecule is CN(CC(F)(F)F)C(=O)N(CC(=O)O)C(C)(C)C. The van der Waals surface area contributed by atoms with Crippen molar-refractivity contribution >= 4 is 12.0 Å². The first-order chi connectivity index (χ1) is 7.84. The molecule has 106 valence electrons.